The first-order valence-corrected chi connectivity index (χ1v) is 20.8. The maximum absolute atomic E-state index is 11.6. The van der Waals surface area contributed by atoms with Crippen LogP contribution in [0.25, 0.3) is 0 Å². The van der Waals surface area contributed by atoms with Gasteiger partial charge in [-0.15, -0.1) is 0 Å². The molecule has 12 rings (SSSR count). The molecule has 284 valence electrons. The van der Waals surface area contributed by atoms with Crippen LogP contribution < -0.4 is 19.6 Å². The molecule has 2 aromatic rings. The molecule has 10 aliphatic rings. The zero-order valence-corrected chi connectivity index (χ0v) is 31.8. The number of carboxylic acid groups (broad SMARTS) is 2. The van der Waals surface area contributed by atoms with Crippen LogP contribution in [0.15, 0.2) is 0 Å². The molecule has 0 aromatic carbocycles. The van der Waals surface area contributed by atoms with Crippen LogP contribution in [-0.4, -0.2) is 93.4 Å². The summed E-state index contributed by atoms with van der Waals surface area (Å²) in [4.78, 5) is 54.2. The van der Waals surface area contributed by atoms with E-state index in [1.165, 1.54) is 28.9 Å². The molecule has 6 aliphatic heterocycles. The highest BCUT2D eigenvalue weighted by Crippen LogP contribution is 2.52. The zero-order valence-electron chi connectivity index (χ0n) is 31.8. The van der Waals surface area contributed by atoms with Crippen LogP contribution in [0.2, 0.25) is 0 Å². The maximum atomic E-state index is 11.6. The predicted molar refractivity (Wildman–Crippen MR) is 202 cm³/mol. The molecule has 12 nitrogen and oxygen atoms in total. The van der Waals surface area contributed by atoms with Crippen LogP contribution in [0.5, 0.6) is 0 Å². The number of piperidine rings is 4. The molecule has 53 heavy (non-hydrogen) atoms. The molecule has 2 aromatic heterocycles. The second-order valence-electron chi connectivity index (χ2n) is 18.7. The lowest BCUT2D eigenvalue weighted by atomic mass is 9.60. The Labute approximate surface area is 312 Å². The number of nitrogens with zero attached hydrogens (tertiary/aromatic N) is 8. The minimum atomic E-state index is -0.669. The largest absolute Gasteiger partial charge is 0.481 e. The summed E-state index contributed by atoms with van der Waals surface area (Å²) in [6.07, 6.45) is 8.29. The average Bonchev–Trinajstić information content (AvgIpc) is 3.51. The number of carbonyl (C=O) groups is 2. The summed E-state index contributed by atoms with van der Waals surface area (Å²) in [5, 5.41) is 19.0. The van der Waals surface area contributed by atoms with Crippen LogP contribution in [0, 0.1) is 47.3 Å². The molecule has 8 fully saturated rings. The number of aliphatic carboxylic acids is 2. The summed E-state index contributed by atoms with van der Waals surface area (Å²) in [5.74, 6) is 6.85. The van der Waals surface area contributed by atoms with E-state index in [4.69, 9.17) is 19.9 Å². The van der Waals surface area contributed by atoms with E-state index >= 15 is 0 Å². The van der Waals surface area contributed by atoms with Gasteiger partial charge in [0.15, 0.2) is 0 Å². The van der Waals surface area contributed by atoms with Crippen molar-refractivity contribution in [2.24, 2.45) is 47.3 Å². The zero-order chi connectivity index (χ0) is 36.4. The smallest absolute Gasteiger partial charge is 0.303 e. The van der Waals surface area contributed by atoms with Gasteiger partial charge in [-0.1, -0.05) is 13.8 Å². The SMILES string of the molecule is C[C@@H]1CC(C2CN(c3nc4c(c(N5C[C@H]6C[C@@H](C5)[C@H]6CC(=O)O)n3)CC[C@@H]4C)[C@H]2C)Cc2c1nc(N1CC[C@@H]1C)nc2N1C[C@H]2C[C@@H](C1)[C@H]2CC(=O)O. The number of rotatable bonds is 9. The Morgan fingerprint density at radius 1 is 0.642 bits per heavy atom. The summed E-state index contributed by atoms with van der Waals surface area (Å²) in [6, 6.07) is 0.791. The lowest BCUT2D eigenvalue weighted by molar-refractivity contribution is -0.142. The van der Waals surface area contributed by atoms with Gasteiger partial charge in [-0.25, -0.2) is 9.97 Å². The Balaban J connectivity index is 0.896. The highest BCUT2D eigenvalue weighted by atomic mass is 16.4. The fourth-order valence-electron chi connectivity index (χ4n) is 12.4. The quantitative estimate of drug-likeness (QED) is 0.352. The van der Waals surface area contributed by atoms with Crippen LogP contribution in [0.4, 0.5) is 23.5 Å². The van der Waals surface area contributed by atoms with Gasteiger partial charge >= 0.3 is 11.9 Å². The van der Waals surface area contributed by atoms with Gasteiger partial charge < -0.3 is 29.8 Å². The van der Waals surface area contributed by atoms with E-state index in [2.05, 4.69) is 47.3 Å². The van der Waals surface area contributed by atoms with Crippen LogP contribution in [-0.2, 0) is 22.4 Å². The monoisotopic (exact) mass is 724 g/mol. The first kappa shape index (κ1) is 33.8. The van der Waals surface area contributed by atoms with E-state index in [1.807, 2.05) is 0 Å². The Bertz CT molecular complexity index is 1810. The van der Waals surface area contributed by atoms with Crippen LogP contribution in [0.3, 0.4) is 0 Å². The van der Waals surface area contributed by atoms with Crippen LogP contribution in [0.1, 0.15) is 107 Å². The van der Waals surface area contributed by atoms with Crippen molar-refractivity contribution >= 4 is 35.5 Å². The minimum absolute atomic E-state index is 0.289. The summed E-state index contributed by atoms with van der Waals surface area (Å²) in [7, 11) is 0. The highest BCUT2D eigenvalue weighted by Gasteiger charge is 2.51. The van der Waals surface area contributed by atoms with Crippen LogP contribution >= 0.6 is 0 Å². The number of carboxylic acids is 2. The molecule has 2 unspecified atom stereocenters. The summed E-state index contributed by atoms with van der Waals surface area (Å²) in [5.41, 5.74) is 5.11. The van der Waals surface area contributed by atoms with Crippen molar-refractivity contribution in [3.63, 3.8) is 0 Å². The minimum Gasteiger partial charge on any atom is -0.481 e. The molecule has 4 bridgehead atoms. The van der Waals surface area contributed by atoms with E-state index < -0.39 is 11.9 Å². The fraction of sp³-hybridized carbons (Fsp3) is 0.756. The molecule has 0 radical (unpaired) electrons. The molecular formula is C41H56N8O4. The molecule has 6 saturated heterocycles. The predicted octanol–water partition coefficient (Wildman–Crippen LogP) is 5.20. The molecular weight excluding hydrogens is 669 g/mol. The molecule has 2 N–H and O–H groups in total. The first-order valence-electron chi connectivity index (χ1n) is 20.8. The number of hydrogen-bond acceptors (Lipinski definition) is 10. The third kappa shape index (κ3) is 5.41. The molecule has 0 amide bonds. The van der Waals surface area contributed by atoms with Gasteiger partial charge in [-0.2, -0.15) is 9.97 Å². The Hall–Kier alpha value is -3.70. The van der Waals surface area contributed by atoms with Gasteiger partial charge in [-0.05, 0) is 118 Å². The second kappa shape index (κ2) is 12.4. The molecule has 4 aliphatic carbocycles. The average molecular weight is 725 g/mol. The molecule has 0 spiro atoms. The topological polar surface area (TPSA) is 139 Å². The number of hydrogen-bond donors (Lipinski definition) is 2. The van der Waals surface area contributed by atoms with Crippen molar-refractivity contribution in [3.05, 3.63) is 22.5 Å². The lowest BCUT2D eigenvalue weighted by Crippen LogP contribution is -2.59. The Kier molecular flexibility index (Phi) is 7.93. The van der Waals surface area contributed by atoms with Gasteiger partial charge in [0, 0.05) is 75.3 Å². The third-order valence-corrected chi connectivity index (χ3v) is 15.7. The van der Waals surface area contributed by atoms with E-state index in [9.17, 15) is 19.8 Å². The Morgan fingerprint density at radius 2 is 1.19 bits per heavy atom. The Morgan fingerprint density at radius 3 is 1.70 bits per heavy atom. The van der Waals surface area contributed by atoms with Gasteiger partial charge in [0.2, 0.25) is 11.9 Å². The fourth-order valence-corrected chi connectivity index (χ4v) is 12.4. The summed E-state index contributed by atoms with van der Waals surface area (Å²) in [6.45, 7) is 14.9. The number of aromatic nitrogens is 4. The molecule has 8 heterocycles. The van der Waals surface area contributed by atoms with Gasteiger partial charge in [0.1, 0.15) is 11.6 Å². The molecule has 12 heteroatoms. The third-order valence-electron chi connectivity index (χ3n) is 15.7. The van der Waals surface area contributed by atoms with Crippen molar-refractivity contribution in [2.75, 3.05) is 58.9 Å². The van der Waals surface area contributed by atoms with Gasteiger partial charge in [-0.3, -0.25) is 9.59 Å². The van der Waals surface area contributed by atoms with E-state index in [0.717, 1.165) is 101 Å². The maximum Gasteiger partial charge on any atom is 0.303 e. The number of fused-ring (bicyclic) bond motifs is 6. The van der Waals surface area contributed by atoms with E-state index in [0.29, 0.717) is 77.7 Å². The van der Waals surface area contributed by atoms with Crippen molar-refractivity contribution in [1.82, 2.24) is 19.9 Å². The van der Waals surface area contributed by atoms with Crippen molar-refractivity contribution in [3.8, 4) is 0 Å². The normalized spacial score (nSPS) is 37.9. The van der Waals surface area contributed by atoms with Gasteiger partial charge in [0.05, 0.1) is 11.4 Å². The van der Waals surface area contributed by atoms with Crippen molar-refractivity contribution < 1.29 is 19.8 Å². The van der Waals surface area contributed by atoms with Gasteiger partial charge in [0.25, 0.3) is 0 Å². The molecule has 2 saturated carbocycles. The first-order chi connectivity index (χ1) is 25.5. The molecule has 12 atom stereocenters. The second-order valence-corrected chi connectivity index (χ2v) is 18.7. The highest BCUT2D eigenvalue weighted by molar-refractivity contribution is 5.68. The standard InChI is InChI=1S/C41H56N8O4/c1-20-5-6-29-36(20)42-41(44-38(29)46-15-25-10-26(16-46)30(25)13-34(50)51)49-19-33(23(49)4)24-9-21(2)37-32(12-24)39(45-40(43-37)48-8-7-22(48)3)47-17-27-11-28(18-47)31(27)14-35(52)53/h20-28,30-31,33H,5-19H2,1-4H3,(H,50,51)(H,52,53)/t20-,21+,22-,23-,24?,25-,26+,27-,28+,30+,31+,33?/m0/s1. The summed E-state index contributed by atoms with van der Waals surface area (Å²) >= 11 is 0. The lowest BCUT2D eigenvalue weighted by Gasteiger charge is -2.55. The summed E-state index contributed by atoms with van der Waals surface area (Å²) < 4.78 is 0. The van der Waals surface area contributed by atoms with Crippen molar-refractivity contribution in [1.29, 1.82) is 0 Å². The number of anilines is 4. The van der Waals surface area contributed by atoms with E-state index in [1.54, 1.807) is 0 Å². The van der Waals surface area contributed by atoms with E-state index in [-0.39, 0.29) is 6.42 Å². The van der Waals surface area contributed by atoms with Crippen molar-refractivity contribution in [2.45, 2.75) is 109 Å².